The summed E-state index contributed by atoms with van der Waals surface area (Å²) in [5, 5.41) is 16.1. The van der Waals surface area contributed by atoms with E-state index in [4.69, 9.17) is 0 Å². The number of nitrogens with one attached hydrogen (secondary N) is 2. The third kappa shape index (κ3) is 3.56. The molecule has 2 heterocycles. The number of amides is 1. The molecule has 5 nitrogen and oxygen atoms in total. The Morgan fingerprint density at radius 3 is 2.76 bits per heavy atom. The molecule has 3 rings (SSSR count). The van der Waals surface area contributed by atoms with E-state index in [0.29, 0.717) is 18.6 Å². The molecule has 2 unspecified atom stereocenters. The van der Waals surface area contributed by atoms with E-state index < -0.39 is 5.54 Å². The Hall–Kier alpha value is -1.12. The Bertz CT molecular complexity index is 424. The van der Waals surface area contributed by atoms with E-state index in [0.717, 1.165) is 45.2 Å². The molecule has 2 aliphatic heterocycles. The molecule has 1 saturated carbocycles. The molecule has 1 aliphatic carbocycles. The zero-order chi connectivity index (χ0) is 14.7. The number of hydrogen-bond acceptors (Lipinski definition) is 4. The van der Waals surface area contributed by atoms with Gasteiger partial charge in [-0.2, -0.15) is 5.26 Å². The topological polar surface area (TPSA) is 68.2 Å². The molecule has 2 atom stereocenters. The van der Waals surface area contributed by atoms with Crippen LogP contribution in [0.5, 0.6) is 0 Å². The molecule has 116 valence electrons. The normalized spacial score (nSPS) is 32.1. The van der Waals surface area contributed by atoms with E-state index in [9.17, 15) is 10.1 Å². The second-order valence-corrected chi connectivity index (χ2v) is 6.96. The van der Waals surface area contributed by atoms with Crippen molar-refractivity contribution in [1.29, 1.82) is 5.26 Å². The SMILES string of the molecule is N#CC1(NC(=O)CN2CCC3CCC(C2)N3)CCCCC1. The van der Waals surface area contributed by atoms with Gasteiger partial charge in [0.25, 0.3) is 0 Å². The zero-order valence-electron chi connectivity index (χ0n) is 12.7. The van der Waals surface area contributed by atoms with Crippen LogP contribution in [0.4, 0.5) is 0 Å². The molecular formula is C16H26N4O. The minimum Gasteiger partial charge on any atom is -0.337 e. The first-order valence-electron chi connectivity index (χ1n) is 8.40. The molecule has 21 heavy (non-hydrogen) atoms. The molecule has 3 aliphatic rings. The van der Waals surface area contributed by atoms with E-state index in [1.54, 1.807) is 0 Å². The average Bonchev–Trinajstić information content (AvgIpc) is 2.82. The van der Waals surface area contributed by atoms with Gasteiger partial charge in [-0.05, 0) is 32.1 Å². The molecule has 0 radical (unpaired) electrons. The Labute approximate surface area is 127 Å². The number of likely N-dealkylation sites (tertiary alicyclic amines) is 1. The van der Waals surface area contributed by atoms with E-state index in [2.05, 4.69) is 21.6 Å². The van der Waals surface area contributed by atoms with Crippen LogP contribution in [0.15, 0.2) is 0 Å². The van der Waals surface area contributed by atoms with E-state index in [-0.39, 0.29) is 5.91 Å². The summed E-state index contributed by atoms with van der Waals surface area (Å²) in [6, 6.07) is 3.55. The smallest absolute Gasteiger partial charge is 0.235 e. The number of nitriles is 1. The molecule has 0 aromatic carbocycles. The quantitative estimate of drug-likeness (QED) is 0.818. The summed E-state index contributed by atoms with van der Waals surface area (Å²) in [6.45, 7) is 2.39. The van der Waals surface area contributed by atoms with E-state index >= 15 is 0 Å². The van der Waals surface area contributed by atoms with Crippen LogP contribution in [0.3, 0.4) is 0 Å². The van der Waals surface area contributed by atoms with Crippen molar-refractivity contribution in [3.63, 3.8) is 0 Å². The predicted molar refractivity (Wildman–Crippen MR) is 80.6 cm³/mol. The predicted octanol–water partition coefficient (Wildman–Crippen LogP) is 1.16. The summed E-state index contributed by atoms with van der Waals surface area (Å²) >= 11 is 0. The summed E-state index contributed by atoms with van der Waals surface area (Å²) in [5.41, 5.74) is -0.599. The standard InChI is InChI=1S/C16H26N4O/c17-12-16(7-2-1-3-8-16)19-15(21)11-20-9-6-13-4-5-14(10-20)18-13/h13-14,18H,1-11H2,(H,19,21). The lowest BCUT2D eigenvalue weighted by atomic mass is 9.83. The third-order valence-corrected chi connectivity index (χ3v) is 5.27. The van der Waals surface area contributed by atoms with Gasteiger partial charge in [0.15, 0.2) is 0 Å². The molecule has 0 aromatic rings. The van der Waals surface area contributed by atoms with E-state index in [1.807, 2.05) is 0 Å². The monoisotopic (exact) mass is 290 g/mol. The number of hydrogen-bond donors (Lipinski definition) is 2. The van der Waals surface area contributed by atoms with Gasteiger partial charge in [0.1, 0.15) is 5.54 Å². The lowest BCUT2D eigenvalue weighted by Gasteiger charge is -2.32. The first-order chi connectivity index (χ1) is 10.2. The molecule has 5 heteroatoms. The Kier molecular flexibility index (Phi) is 4.46. The Morgan fingerprint density at radius 2 is 2.00 bits per heavy atom. The van der Waals surface area contributed by atoms with Gasteiger partial charge >= 0.3 is 0 Å². The Balaban J connectivity index is 1.52. The maximum atomic E-state index is 12.3. The highest BCUT2D eigenvalue weighted by molar-refractivity contribution is 5.79. The lowest BCUT2D eigenvalue weighted by molar-refractivity contribution is -0.124. The van der Waals surface area contributed by atoms with Crippen molar-refractivity contribution < 1.29 is 4.79 Å². The van der Waals surface area contributed by atoms with Gasteiger partial charge in [-0.1, -0.05) is 19.3 Å². The number of rotatable bonds is 3. The van der Waals surface area contributed by atoms with Crippen molar-refractivity contribution in [3.8, 4) is 6.07 Å². The molecule has 0 spiro atoms. The van der Waals surface area contributed by atoms with Crippen LogP contribution in [-0.2, 0) is 4.79 Å². The van der Waals surface area contributed by atoms with Crippen LogP contribution < -0.4 is 10.6 Å². The van der Waals surface area contributed by atoms with Crippen LogP contribution in [0, 0.1) is 11.3 Å². The fourth-order valence-electron chi connectivity index (χ4n) is 4.09. The summed E-state index contributed by atoms with van der Waals surface area (Å²) in [7, 11) is 0. The van der Waals surface area contributed by atoms with Crippen molar-refractivity contribution >= 4 is 5.91 Å². The minimum atomic E-state index is -0.599. The van der Waals surface area contributed by atoms with Gasteiger partial charge < -0.3 is 10.6 Å². The summed E-state index contributed by atoms with van der Waals surface area (Å²) < 4.78 is 0. The summed E-state index contributed by atoms with van der Waals surface area (Å²) in [5.74, 6) is 0.0243. The number of nitrogens with zero attached hydrogens (tertiary/aromatic N) is 2. The van der Waals surface area contributed by atoms with Crippen molar-refractivity contribution in [2.24, 2.45) is 0 Å². The van der Waals surface area contributed by atoms with Crippen LogP contribution in [-0.4, -0.2) is 48.1 Å². The second-order valence-electron chi connectivity index (χ2n) is 6.96. The Morgan fingerprint density at radius 1 is 1.24 bits per heavy atom. The fourth-order valence-corrected chi connectivity index (χ4v) is 4.09. The first kappa shape index (κ1) is 14.8. The molecular weight excluding hydrogens is 264 g/mol. The highest BCUT2D eigenvalue weighted by Crippen LogP contribution is 2.27. The molecule has 0 aromatic heterocycles. The van der Waals surface area contributed by atoms with Crippen LogP contribution >= 0.6 is 0 Å². The van der Waals surface area contributed by atoms with Crippen molar-refractivity contribution in [2.75, 3.05) is 19.6 Å². The summed E-state index contributed by atoms with van der Waals surface area (Å²) in [4.78, 5) is 14.6. The van der Waals surface area contributed by atoms with Crippen molar-refractivity contribution in [1.82, 2.24) is 15.5 Å². The third-order valence-electron chi connectivity index (χ3n) is 5.27. The summed E-state index contributed by atoms with van der Waals surface area (Å²) in [6.07, 6.45) is 8.53. The largest absolute Gasteiger partial charge is 0.337 e. The lowest BCUT2D eigenvalue weighted by Crippen LogP contribution is -2.52. The van der Waals surface area contributed by atoms with E-state index in [1.165, 1.54) is 19.3 Å². The van der Waals surface area contributed by atoms with Gasteiger partial charge in [0, 0.05) is 25.2 Å². The number of carbonyl (C=O) groups excluding carboxylic acids is 1. The highest BCUT2D eigenvalue weighted by Gasteiger charge is 2.35. The van der Waals surface area contributed by atoms with Gasteiger partial charge in [-0.15, -0.1) is 0 Å². The van der Waals surface area contributed by atoms with Crippen molar-refractivity contribution in [2.45, 2.75) is 69.0 Å². The van der Waals surface area contributed by atoms with Gasteiger partial charge in [0.05, 0.1) is 12.6 Å². The molecule has 1 amide bonds. The average molecular weight is 290 g/mol. The molecule has 2 N–H and O–H groups in total. The zero-order valence-corrected chi connectivity index (χ0v) is 12.7. The van der Waals surface area contributed by atoms with Crippen molar-refractivity contribution in [3.05, 3.63) is 0 Å². The maximum absolute atomic E-state index is 12.3. The van der Waals surface area contributed by atoms with Gasteiger partial charge in [-0.3, -0.25) is 9.69 Å². The van der Waals surface area contributed by atoms with Gasteiger partial charge in [0.2, 0.25) is 5.91 Å². The van der Waals surface area contributed by atoms with Gasteiger partial charge in [-0.25, -0.2) is 0 Å². The fraction of sp³-hybridized carbons (Fsp3) is 0.875. The maximum Gasteiger partial charge on any atom is 0.235 e. The van der Waals surface area contributed by atoms with Crippen LogP contribution in [0.2, 0.25) is 0 Å². The molecule has 3 fully saturated rings. The van der Waals surface area contributed by atoms with Crippen LogP contribution in [0.1, 0.15) is 51.4 Å². The number of carbonyl (C=O) groups is 1. The number of fused-ring (bicyclic) bond motifs is 2. The second kappa shape index (κ2) is 6.33. The first-order valence-corrected chi connectivity index (χ1v) is 8.40. The minimum absolute atomic E-state index is 0.0243. The highest BCUT2D eigenvalue weighted by atomic mass is 16.2. The molecule has 2 bridgehead atoms. The molecule has 2 saturated heterocycles. The van der Waals surface area contributed by atoms with Crippen LogP contribution in [0.25, 0.3) is 0 Å².